The van der Waals surface area contributed by atoms with Gasteiger partial charge in [0.2, 0.25) is 5.82 Å². The van der Waals surface area contributed by atoms with E-state index in [1.54, 1.807) is 11.3 Å². The van der Waals surface area contributed by atoms with Crippen LogP contribution in [0.1, 0.15) is 47.0 Å². The summed E-state index contributed by atoms with van der Waals surface area (Å²) in [7, 11) is 1.33. The van der Waals surface area contributed by atoms with Crippen molar-refractivity contribution in [2.75, 3.05) is 12.4 Å². The van der Waals surface area contributed by atoms with Gasteiger partial charge in [0.25, 0.3) is 0 Å². The summed E-state index contributed by atoms with van der Waals surface area (Å²) in [6, 6.07) is 6.17. The summed E-state index contributed by atoms with van der Waals surface area (Å²) in [6.45, 7) is 3.98. The summed E-state index contributed by atoms with van der Waals surface area (Å²) in [6.07, 6.45) is 2.06. The third-order valence-corrected chi connectivity index (χ3v) is 3.99. The number of hydrogen-bond acceptors (Lipinski definition) is 6. The fourth-order valence-electron chi connectivity index (χ4n) is 2.07. The average Bonchev–Trinajstić information content (AvgIpc) is 2.99. The zero-order valence-corrected chi connectivity index (χ0v) is 13.2. The van der Waals surface area contributed by atoms with Crippen molar-refractivity contribution in [3.05, 3.63) is 40.0 Å². The summed E-state index contributed by atoms with van der Waals surface area (Å²) in [5, 5.41) is 5.45. The quantitative estimate of drug-likeness (QED) is 0.826. The van der Waals surface area contributed by atoms with Gasteiger partial charge in [-0.3, -0.25) is 0 Å². The number of carbonyl (C=O) groups is 1. The maximum absolute atomic E-state index is 11.6. The first-order valence-electron chi connectivity index (χ1n) is 6.88. The molecular weight excluding hydrogens is 286 g/mol. The molecule has 1 atom stereocenters. The first-order chi connectivity index (χ1) is 10.1. The summed E-state index contributed by atoms with van der Waals surface area (Å²) in [5.74, 6) is 0.209. The zero-order valence-electron chi connectivity index (χ0n) is 12.4. The van der Waals surface area contributed by atoms with Crippen LogP contribution in [0.5, 0.6) is 0 Å². The van der Waals surface area contributed by atoms with Crippen LogP contribution in [-0.4, -0.2) is 23.0 Å². The van der Waals surface area contributed by atoms with Gasteiger partial charge in [0, 0.05) is 16.6 Å². The highest BCUT2D eigenvalue weighted by molar-refractivity contribution is 7.10. The second-order valence-electron chi connectivity index (χ2n) is 4.71. The van der Waals surface area contributed by atoms with Crippen molar-refractivity contribution in [2.45, 2.75) is 32.7 Å². The topological polar surface area (TPSA) is 64.1 Å². The number of nitrogens with one attached hydrogen (secondary N) is 1. The van der Waals surface area contributed by atoms with Crippen molar-refractivity contribution in [3.63, 3.8) is 0 Å². The van der Waals surface area contributed by atoms with Crippen LogP contribution < -0.4 is 5.32 Å². The van der Waals surface area contributed by atoms with Crippen LogP contribution >= 0.6 is 11.3 Å². The molecule has 6 heteroatoms. The Balaban J connectivity index is 2.24. The van der Waals surface area contributed by atoms with Gasteiger partial charge < -0.3 is 10.1 Å². The zero-order chi connectivity index (χ0) is 15.2. The number of aromatic nitrogens is 2. The van der Waals surface area contributed by atoms with Gasteiger partial charge in [-0.2, -0.15) is 0 Å². The van der Waals surface area contributed by atoms with Gasteiger partial charge in [0.1, 0.15) is 5.82 Å². The summed E-state index contributed by atoms with van der Waals surface area (Å²) in [5.41, 5.74) is 0.731. The largest absolute Gasteiger partial charge is 0.463 e. The third kappa shape index (κ3) is 4.01. The Morgan fingerprint density at radius 1 is 1.48 bits per heavy atom. The van der Waals surface area contributed by atoms with Crippen molar-refractivity contribution in [2.24, 2.45) is 0 Å². The predicted octanol–water partition coefficient (Wildman–Crippen LogP) is 3.59. The molecule has 2 aromatic rings. The standard InChI is InChI=1S/C15H19N3O2S/c1-4-6-11(12-7-5-8-21-12)17-13-9-10(2)16-14(18-13)15(19)20-3/h5,7-9,11H,4,6H2,1-3H3,(H,16,17,18). The maximum atomic E-state index is 11.6. The van der Waals surface area contributed by atoms with Crippen LogP contribution in [0.3, 0.4) is 0 Å². The third-order valence-electron chi connectivity index (χ3n) is 3.01. The van der Waals surface area contributed by atoms with Crippen LogP contribution in [0.15, 0.2) is 23.6 Å². The molecule has 0 aromatic carbocycles. The van der Waals surface area contributed by atoms with Gasteiger partial charge in [-0.15, -0.1) is 11.3 Å². The number of carbonyl (C=O) groups excluding carboxylic acids is 1. The smallest absolute Gasteiger partial charge is 0.376 e. The second-order valence-corrected chi connectivity index (χ2v) is 5.69. The Kier molecular flexibility index (Phi) is 5.27. The molecule has 0 spiro atoms. The van der Waals surface area contributed by atoms with Crippen molar-refractivity contribution in [3.8, 4) is 0 Å². The minimum atomic E-state index is -0.523. The molecule has 0 saturated heterocycles. The molecule has 1 unspecified atom stereocenters. The number of nitrogens with zero attached hydrogens (tertiary/aromatic N) is 2. The van der Waals surface area contributed by atoms with Crippen LogP contribution in [0.2, 0.25) is 0 Å². The van der Waals surface area contributed by atoms with Crippen LogP contribution in [0, 0.1) is 6.92 Å². The van der Waals surface area contributed by atoms with E-state index in [0.29, 0.717) is 5.82 Å². The van der Waals surface area contributed by atoms with E-state index in [1.165, 1.54) is 12.0 Å². The molecule has 2 heterocycles. The van der Waals surface area contributed by atoms with Gasteiger partial charge in [0.15, 0.2) is 0 Å². The fourth-order valence-corrected chi connectivity index (χ4v) is 2.88. The van der Waals surface area contributed by atoms with E-state index < -0.39 is 5.97 Å². The number of esters is 1. The van der Waals surface area contributed by atoms with E-state index in [1.807, 2.05) is 19.1 Å². The first kappa shape index (κ1) is 15.4. The molecule has 0 radical (unpaired) electrons. The Bertz CT molecular complexity index is 599. The van der Waals surface area contributed by atoms with Crippen molar-refractivity contribution < 1.29 is 9.53 Å². The summed E-state index contributed by atoms with van der Waals surface area (Å²) >= 11 is 1.71. The van der Waals surface area contributed by atoms with E-state index in [2.05, 4.69) is 38.4 Å². The minimum absolute atomic E-state index is 0.0847. The molecular formula is C15H19N3O2S. The molecule has 2 rings (SSSR count). The lowest BCUT2D eigenvalue weighted by atomic mass is 10.1. The predicted molar refractivity (Wildman–Crippen MR) is 83.7 cm³/mol. The molecule has 0 amide bonds. The highest BCUT2D eigenvalue weighted by Gasteiger charge is 2.15. The number of anilines is 1. The molecule has 0 bridgehead atoms. The number of rotatable bonds is 6. The number of hydrogen-bond donors (Lipinski definition) is 1. The van der Waals surface area contributed by atoms with Gasteiger partial charge >= 0.3 is 5.97 Å². The highest BCUT2D eigenvalue weighted by atomic mass is 32.1. The molecule has 21 heavy (non-hydrogen) atoms. The van der Waals surface area contributed by atoms with Crippen molar-refractivity contribution >= 4 is 23.1 Å². The fraction of sp³-hybridized carbons (Fsp3) is 0.400. The molecule has 0 aliphatic heterocycles. The van der Waals surface area contributed by atoms with E-state index in [9.17, 15) is 4.79 Å². The van der Waals surface area contributed by atoms with E-state index in [4.69, 9.17) is 0 Å². The summed E-state index contributed by atoms with van der Waals surface area (Å²) < 4.78 is 4.68. The summed E-state index contributed by atoms with van der Waals surface area (Å²) in [4.78, 5) is 21.2. The Hall–Kier alpha value is -1.95. The monoisotopic (exact) mass is 305 g/mol. The molecule has 1 N–H and O–H groups in total. The van der Waals surface area contributed by atoms with E-state index in [-0.39, 0.29) is 11.9 Å². The lowest BCUT2D eigenvalue weighted by Gasteiger charge is -2.18. The lowest BCUT2D eigenvalue weighted by molar-refractivity contribution is 0.0586. The number of aryl methyl sites for hydroxylation is 1. The number of ether oxygens (including phenoxy) is 1. The minimum Gasteiger partial charge on any atom is -0.463 e. The lowest BCUT2D eigenvalue weighted by Crippen LogP contribution is -2.14. The van der Waals surface area contributed by atoms with Gasteiger partial charge in [-0.1, -0.05) is 19.4 Å². The Morgan fingerprint density at radius 3 is 2.90 bits per heavy atom. The second kappa shape index (κ2) is 7.17. The van der Waals surface area contributed by atoms with Crippen molar-refractivity contribution in [1.82, 2.24) is 9.97 Å². The first-order valence-corrected chi connectivity index (χ1v) is 7.76. The molecule has 0 fully saturated rings. The van der Waals surface area contributed by atoms with E-state index >= 15 is 0 Å². The molecule has 0 saturated carbocycles. The number of thiophene rings is 1. The molecule has 0 aliphatic carbocycles. The van der Waals surface area contributed by atoms with Crippen molar-refractivity contribution in [1.29, 1.82) is 0 Å². The van der Waals surface area contributed by atoms with Crippen LogP contribution in [0.25, 0.3) is 0 Å². The van der Waals surface area contributed by atoms with Gasteiger partial charge in [0.05, 0.1) is 13.2 Å². The molecule has 5 nitrogen and oxygen atoms in total. The maximum Gasteiger partial charge on any atom is 0.376 e. The normalized spacial score (nSPS) is 12.0. The average molecular weight is 305 g/mol. The molecule has 2 aromatic heterocycles. The molecule has 112 valence electrons. The van der Waals surface area contributed by atoms with E-state index in [0.717, 1.165) is 18.5 Å². The highest BCUT2D eigenvalue weighted by Crippen LogP contribution is 2.27. The number of methoxy groups -OCH3 is 1. The van der Waals surface area contributed by atoms with Gasteiger partial charge in [-0.05, 0) is 24.8 Å². The van der Waals surface area contributed by atoms with Crippen LogP contribution in [0.4, 0.5) is 5.82 Å². The Labute approximate surface area is 128 Å². The van der Waals surface area contributed by atoms with Gasteiger partial charge in [-0.25, -0.2) is 14.8 Å². The molecule has 0 aliphatic rings. The Morgan fingerprint density at radius 2 is 2.29 bits per heavy atom. The SMILES string of the molecule is CCCC(Nc1cc(C)nc(C(=O)OC)n1)c1cccs1. The van der Waals surface area contributed by atoms with Crippen LogP contribution in [-0.2, 0) is 4.74 Å².